The summed E-state index contributed by atoms with van der Waals surface area (Å²) in [5, 5.41) is 3.54. The minimum Gasteiger partial charge on any atom is -0.315 e. The van der Waals surface area contributed by atoms with Crippen molar-refractivity contribution >= 4 is 0 Å². The summed E-state index contributed by atoms with van der Waals surface area (Å²) in [6, 6.07) is 2.00. The molecule has 1 rings (SSSR count). The molecule has 0 aromatic carbocycles. The zero-order valence-corrected chi connectivity index (χ0v) is 13.6. The fraction of sp³-hybridized carbons (Fsp3) is 1.00. The van der Waals surface area contributed by atoms with Crippen molar-refractivity contribution in [1.29, 1.82) is 0 Å². The Hall–Kier alpha value is -0.0800. The Morgan fingerprint density at radius 3 is 2.33 bits per heavy atom. The molecule has 2 heteroatoms. The summed E-state index contributed by atoms with van der Waals surface area (Å²) < 4.78 is 0. The highest BCUT2D eigenvalue weighted by Crippen LogP contribution is 2.41. The average Bonchev–Trinajstić information content (AvgIpc) is 2.36. The van der Waals surface area contributed by atoms with Crippen molar-refractivity contribution in [3.8, 4) is 0 Å². The Morgan fingerprint density at radius 1 is 1.28 bits per heavy atom. The van der Waals surface area contributed by atoms with E-state index in [0.29, 0.717) is 23.5 Å². The van der Waals surface area contributed by atoms with Crippen molar-refractivity contribution in [2.24, 2.45) is 11.3 Å². The third-order valence-electron chi connectivity index (χ3n) is 5.54. The van der Waals surface area contributed by atoms with E-state index in [-0.39, 0.29) is 0 Å². The molecule has 0 saturated heterocycles. The monoisotopic (exact) mass is 254 g/mol. The second-order valence-electron chi connectivity index (χ2n) is 7.07. The molecule has 0 spiro atoms. The zero-order valence-electron chi connectivity index (χ0n) is 13.6. The number of hydrogen-bond donors (Lipinski definition) is 1. The summed E-state index contributed by atoms with van der Waals surface area (Å²) in [7, 11) is 4.41. The third kappa shape index (κ3) is 3.48. The average molecular weight is 254 g/mol. The maximum atomic E-state index is 3.54. The highest BCUT2D eigenvalue weighted by Gasteiger charge is 2.38. The van der Waals surface area contributed by atoms with Gasteiger partial charge in [0.05, 0.1) is 0 Å². The Labute approximate surface area is 115 Å². The van der Waals surface area contributed by atoms with Gasteiger partial charge < -0.3 is 5.32 Å². The van der Waals surface area contributed by atoms with Crippen LogP contribution in [0, 0.1) is 11.3 Å². The molecule has 2 nitrogen and oxygen atoms in total. The number of nitrogens with one attached hydrogen (secondary N) is 1. The van der Waals surface area contributed by atoms with Gasteiger partial charge in [0.2, 0.25) is 0 Å². The Balaban J connectivity index is 2.78. The van der Waals surface area contributed by atoms with E-state index < -0.39 is 0 Å². The molecule has 1 saturated carbocycles. The fourth-order valence-electron chi connectivity index (χ4n) is 3.31. The van der Waals surface area contributed by atoms with Gasteiger partial charge in [0.25, 0.3) is 0 Å². The van der Waals surface area contributed by atoms with Crippen LogP contribution in [0.25, 0.3) is 0 Å². The molecule has 108 valence electrons. The number of nitrogens with zero attached hydrogens (tertiary/aromatic N) is 1. The zero-order chi connectivity index (χ0) is 13.9. The lowest BCUT2D eigenvalue weighted by molar-refractivity contribution is 0.0511. The van der Waals surface area contributed by atoms with Crippen LogP contribution in [0.15, 0.2) is 0 Å². The van der Waals surface area contributed by atoms with Crippen LogP contribution in [-0.2, 0) is 0 Å². The van der Waals surface area contributed by atoms with Gasteiger partial charge in [0.15, 0.2) is 0 Å². The molecule has 3 atom stereocenters. The van der Waals surface area contributed by atoms with Crippen LogP contribution in [0.3, 0.4) is 0 Å². The summed E-state index contributed by atoms with van der Waals surface area (Å²) >= 11 is 0. The smallest absolute Gasteiger partial charge is 0.0251 e. The maximum Gasteiger partial charge on any atom is 0.0251 e. The molecule has 0 aliphatic heterocycles. The quantitative estimate of drug-likeness (QED) is 0.807. The minimum atomic E-state index is 0.495. The SMILES string of the molecule is CCC(C)(C)C1CCC(NC)C(N(C)C(C)C)C1. The molecule has 0 aromatic heterocycles. The third-order valence-corrected chi connectivity index (χ3v) is 5.54. The summed E-state index contributed by atoms with van der Waals surface area (Å²) in [6.45, 7) is 11.8. The molecule has 1 aliphatic carbocycles. The van der Waals surface area contributed by atoms with Crippen molar-refractivity contribution in [1.82, 2.24) is 10.2 Å². The molecule has 0 aromatic rings. The molecule has 0 amide bonds. The standard InChI is InChI=1S/C16H34N2/c1-8-16(4,5)13-9-10-14(17-6)15(11-13)18(7)12(2)3/h12-15,17H,8-11H2,1-7H3. The minimum absolute atomic E-state index is 0.495. The van der Waals surface area contributed by atoms with Gasteiger partial charge in [-0.2, -0.15) is 0 Å². The van der Waals surface area contributed by atoms with Crippen LogP contribution >= 0.6 is 0 Å². The van der Waals surface area contributed by atoms with E-state index in [9.17, 15) is 0 Å². The molecule has 3 unspecified atom stereocenters. The second-order valence-corrected chi connectivity index (χ2v) is 7.07. The van der Waals surface area contributed by atoms with Crippen LogP contribution in [-0.4, -0.2) is 37.1 Å². The van der Waals surface area contributed by atoms with Crippen LogP contribution in [0.1, 0.15) is 60.3 Å². The van der Waals surface area contributed by atoms with E-state index in [1.54, 1.807) is 0 Å². The van der Waals surface area contributed by atoms with Crippen LogP contribution in [0.5, 0.6) is 0 Å². The van der Waals surface area contributed by atoms with Crippen molar-refractivity contribution in [2.75, 3.05) is 14.1 Å². The molecular formula is C16H34N2. The van der Waals surface area contributed by atoms with E-state index in [4.69, 9.17) is 0 Å². The molecule has 1 fully saturated rings. The first-order chi connectivity index (χ1) is 8.33. The number of hydrogen-bond acceptors (Lipinski definition) is 2. The van der Waals surface area contributed by atoms with Crippen LogP contribution in [0.2, 0.25) is 0 Å². The van der Waals surface area contributed by atoms with E-state index in [1.165, 1.54) is 25.7 Å². The van der Waals surface area contributed by atoms with Crippen LogP contribution < -0.4 is 5.32 Å². The van der Waals surface area contributed by atoms with E-state index in [1.807, 2.05) is 0 Å². The van der Waals surface area contributed by atoms with Crippen molar-refractivity contribution in [3.63, 3.8) is 0 Å². The van der Waals surface area contributed by atoms with Gasteiger partial charge in [-0.1, -0.05) is 27.2 Å². The summed E-state index contributed by atoms with van der Waals surface area (Å²) in [5.74, 6) is 0.873. The molecule has 0 radical (unpaired) electrons. The highest BCUT2D eigenvalue weighted by atomic mass is 15.2. The first kappa shape index (κ1) is 16.0. The van der Waals surface area contributed by atoms with Gasteiger partial charge in [-0.3, -0.25) is 4.90 Å². The Morgan fingerprint density at radius 2 is 1.89 bits per heavy atom. The van der Waals surface area contributed by atoms with E-state index in [2.05, 4.69) is 58.9 Å². The first-order valence-electron chi connectivity index (χ1n) is 7.72. The maximum absolute atomic E-state index is 3.54. The number of likely N-dealkylation sites (N-methyl/N-ethyl adjacent to an activating group) is 2. The van der Waals surface area contributed by atoms with Crippen molar-refractivity contribution in [3.05, 3.63) is 0 Å². The summed E-state index contributed by atoms with van der Waals surface area (Å²) in [4.78, 5) is 2.57. The van der Waals surface area contributed by atoms with E-state index >= 15 is 0 Å². The lowest BCUT2D eigenvalue weighted by atomic mass is 9.67. The molecule has 1 N–H and O–H groups in total. The van der Waals surface area contributed by atoms with E-state index in [0.717, 1.165) is 5.92 Å². The number of rotatable bonds is 5. The first-order valence-corrected chi connectivity index (χ1v) is 7.72. The fourth-order valence-corrected chi connectivity index (χ4v) is 3.31. The van der Waals surface area contributed by atoms with Gasteiger partial charge in [-0.25, -0.2) is 0 Å². The Kier molecular flexibility index (Phi) is 5.67. The second kappa shape index (κ2) is 6.38. The topological polar surface area (TPSA) is 15.3 Å². The van der Waals surface area contributed by atoms with Crippen LogP contribution in [0.4, 0.5) is 0 Å². The highest BCUT2D eigenvalue weighted by molar-refractivity contribution is 4.94. The van der Waals surface area contributed by atoms with Gasteiger partial charge in [0, 0.05) is 18.1 Å². The van der Waals surface area contributed by atoms with Gasteiger partial charge >= 0.3 is 0 Å². The van der Waals surface area contributed by atoms with Gasteiger partial charge in [-0.15, -0.1) is 0 Å². The normalized spacial score (nSPS) is 30.2. The largest absolute Gasteiger partial charge is 0.315 e. The summed E-state index contributed by atoms with van der Waals surface area (Å²) in [5.41, 5.74) is 0.495. The van der Waals surface area contributed by atoms with Gasteiger partial charge in [0.1, 0.15) is 0 Å². The predicted octanol–water partition coefficient (Wildman–Crippen LogP) is 3.52. The summed E-state index contributed by atoms with van der Waals surface area (Å²) in [6.07, 6.45) is 5.35. The Bertz CT molecular complexity index is 245. The van der Waals surface area contributed by atoms with Gasteiger partial charge in [-0.05, 0) is 58.5 Å². The molecule has 18 heavy (non-hydrogen) atoms. The van der Waals surface area contributed by atoms with Crippen molar-refractivity contribution < 1.29 is 0 Å². The van der Waals surface area contributed by atoms with Crippen molar-refractivity contribution in [2.45, 2.75) is 78.4 Å². The molecule has 0 heterocycles. The molecule has 0 bridgehead atoms. The lowest BCUT2D eigenvalue weighted by Crippen LogP contribution is -2.54. The molecule has 1 aliphatic rings. The predicted molar refractivity (Wildman–Crippen MR) is 80.9 cm³/mol. The molecular weight excluding hydrogens is 220 g/mol. The lowest BCUT2D eigenvalue weighted by Gasteiger charge is -2.47.